The Bertz CT molecular complexity index is 566. The van der Waals surface area contributed by atoms with Crippen molar-refractivity contribution in [2.24, 2.45) is 5.92 Å². The molecular formula is C16H22N4O3. The molecule has 2 atom stereocenters. The highest BCUT2D eigenvalue weighted by molar-refractivity contribution is 5.80. The molecule has 0 aliphatic carbocycles. The molecule has 2 amide bonds. The Morgan fingerprint density at radius 2 is 2.22 bits per heavy atom. The van der Waals surface area contributed by atoms with Crippen molar-refractivity contribution in [2.45, 2.75) is 31.8 Å². The van der Waals surface area contributed by atoms with Gasteiger partial charge in [-0.2, -0.15) is 0 Å². The van der Waals surface area contributed by atoms with Crippen molar-refractivity contribution in [2.75, 3.05) is 26.2 Å². The van der Waals surface area contributed by atoms with Crippen molar-refractivity contribution in [3.05, 3.63) is 24.3 Å². The zero-order valence-corrected chi connectivity index (χ0v) is 13.1. The van der Waals surface area contributed by atoms with Crippen LogP contribution in [-0.4, -0.2) is 69.0 Å². The topological polar surface area (TPSA) is 86.6 Å². The standard InChI is InChI=1S/C16H22N4O3/c21-14-11-20(10-12(14)8-13-9-17-4-5-18-13)16(23)3-7-19-6-1-2-15(19)22/h4-5,9,12,14,21H,1-3,6-8,10-11H2/t12-,14-/m1/s1. The predicted octanol–water partition coefficient (Wildman–Crippen LogP) is -0.149. The molecule has 1 aromatic rings. The summed E-state index contributed by atoms with van der Waals surface area (Å²) in [5, 5.41) is 10.2. The molecular weight excluding hydrogens is 296 g/mol. The quantitative estimate of drug-likeness (QED) is 0.816. The second-order valence-electron chi connectivity index (χ2n) is 6.26. The molecule has 7 nitrogen and oxygen atoms in total. The monoisotopic (exact) mass is 318 g/mol. The molecule has 0 radical (unpaired) electrons. The highest BCUT2D eigenvalue weighted by atomic mass is 16.3. The second-order valence-corrected chi connectivity index (χ2v) is 6.26. The van der Waals surface area contributed by atoms with Gasteiger partial charge in [0.2, 0.25) is 11.8 Å². The van der Waals surface area contributed by atoms with Crippen LogP contribution >= 0.6 is 0 Å². The summed E-state index contributed by atoms with van der Waals surface area (Å²) >= 11 is 0. The minimum absolute atomic E-state index is 0.00500. The van der Waals surface area contributed by atoms with Crippen LogP contribution in [0.15, 0.2) is 18.6 Å². The molecule has 2 aliphatic heterocycles. The van der Waals surface area contributed by atoms with Crippen molar-refractivity contribution in [1.82, 2.24) is 19.8 Å². The van der Waals surface area contributed by atoms with Crippen LogP contribution < -0.4 is 0 Å². The molecule has 3 heterocycles. The smallest absolute Gasteiger partial charge is 0.224 e. The molecule has 1 aromatic heterocycles. The number of carbonyl (C=O) groups excluding carboxylic acids is 2. The molecule has 3 rings (SSSR count). The van der Waals surface area contributed by atoms with Gasteiger partial charge < -0.3 is 14.9 Å². The molecule has 0 spiro atoms. The first-order valence-electron chi connectivity index (χ1n) is 8.12. The molecule has 0 aromatic carbocycles. The normalized spacial score (nSPS) is 24.5. The van der Waals surface area contributed by atoms with E-state index in [1.54, 1.807) is 28.4 Å². The second kappa shape index (κ2) is 7.04. The number of nitrogens with zero attached hydrogens (tertiary/aromatic N) is 4. The lowest BCUT2D eigenvalue weighted by atomic mass is 10.0. The number of aliphatic hydroxyl groups excluding tert-OH is 1. The molecule has 0 unspecified atom stereocenters. The molecule has 2 fully saturated rings. The van der Waals surface area contributed by atoms with E-state index in [0.29, 0.717) is 38.9 Å². The fourth-order valence-electron chi connectivity index (χ4n) is 3.29. The first kappa shape index (κ1) is 15.9. The average Bonchev–Trinajstić information content (AvgIpc) is 3.12. The van der Waals surface area contributed by atoms with Crippen LogP contribution in [0.3, 0.4) is 0 Å². The van der Waals surface area contributed by atoms with Crippen LogP contribution in [0.25, 0.3) is 0 Å². The Morgan fingerprint density at radius 3 is 2.91 bits per heavy atom. The van der Waals surface area contributed by atoms with Gasteiger partial charge in [0.1, 0.15) is 0 Å². The van der Waals surface area contributed by atoms with E-state index < -0.39 is 6.10 Å². The van der Waals surface area contributed by atoms with Gasteiger partial charge in [0.25, 0.3) is 0 Å². The Hall–Kier alpha value is -2.02. The summed E-state index contributed by atoms with van der Waals surface area (Å²) < 4.78 is 0. The van der Waals surface area contributed by atoms with Crippen molar-refractivity contribution < 1.29 is 14.7 Å². The number of hydrogen-bond acceptors (Lipinski definition) is 5. The lowest BCUT2D eigenvalue weighted by molar-refractivity contribution is -0.132. The number of aromatic nitrogens is 2. The Balaban J connectivity index is 1.49. The summed E-state index contributed by atoms with van der Waals surface area (Å²) in [7, 11) is 0. The third-order valence-electron chi connectivity index (χ3n) is 4.61. The van der Waals surface area contributed by atoms with Gasteiger partial charge in [0.15, 0.2) is 0 Å². The summed E-state index contributed by atoms with van der Waals surface area (Å²) in [5.74, 6) is 0.134. The fraction of sp³-hybridized carbons (Fsp3) is 0.625. The van der Waals surface area contributed by atoms with Gasteiger partial charge >= 0.3 is 0 Å². The average molecular weight is 318 g/mol. The van der Waals surface area contributed by atoms with Crippen LogP contribution in [0.1, 0.15) is 25.0 Å². The number of rotatable bonds is 5. The molecule has 1 N–H and O–H groups in total. The summed E-state index contributed by atoms with van der Waals surface area (Å²) in [5.41, 5.74) is 0.827. The highest BCUT2D eigenvalue weighted by Gasteiger charge is 2.34. The molecule has 0 saturated carbocycles. The van der Waals surface area contributed by atoms with Crippen LogP contribution in [0.2, 0.25) is 0 Å². The van der Waals surface area contributed by atoms with Crippen LogP contribution in [0.5, 0.6) is 0 Å². The van der Waals surface area contributed by atoms with Gasteiger partial charge in [-0.1, -0.05) is 0 Å². The van der Waals surface area contributed by atoms with Gasteiger partial charge in [-0.05, 0) is 12.8 Å². The van der Waals surface area contributed by atoms with Crippen molar-refractivity contribution in [3.63, 3.8) is 0 Å². The predicted molar refractivity (Wildman–Crippen MR) is 82.2 cm³/mol. The van der Waals surface area contributed by atoms with E-state index in [1.807, 2.05) is 0 Å². The molecule has 2 aliphatic rings. The Morgan fingerprint density at radius 1 is 1.35 bits per heavy atom. The molecule has 7 heteroatoms. The Kier molecular flexibility index (Phi) is 4.85. The molecule has 2 saturated heterocycles. The fourth-order valence-corrected chi connectivity index (χ4v) is 3.29. The van der Waals surface area contributed by atoms with Crippen molar-refractivity contribution in [1.29, 1.82) is 0 Å². The largest absolute Gasteiger partial charge is 0.391 e. The molecule has 124 valence electrons. The number of amides is 2. The molecule has 23 heavy (non-hydrogen) atoms. The minimum atomic E-state index is -0.533. The van der Waals surface area contributed by atoms with Gasteiger partial charge in [-0.15, -0.1) is 0 Å². The SMILES string of the molecule is O=C1CCCN1CCC(=O)N1C[C@@H](Cc2cnccn2)[C@H](O)C1. The van der Waals surface area contributed by atoms with E-state index in [4.69, 9.17) is 0 Å². The van der Waals surface area contributed by atoms with Crippen LogP contribution in [-0.2, 0) is 16.0 Å². The van der Waals surface area contributed by atoms with E-state index in [0.717, 1.165) is 18.7 Å². The summed E-state index contributed by atoms with van der Waals surface area (Å²) in [6.45, 7) is 2.13. The number of carbonyl (C=O) groups is 2. The maximum Gasteiger partial charge on any atom is 0.224 e. The number of aliphatic hydroxyl groups is 1. The first-order chi connectivity index (χ1) is 11.1. The van der Waals surface area contributed by atoms with E-state index in [1.165, 1.54) is 0 Å². The van der Waals surface area contributed by atoms with Crippen LogP contribution in [0, 0.1) is 5.92 Å². The number of likely N-dealkylation sites (tertiary alicyclic amines) is 2. The van der Waals surface area contributed by atoms with E-state index in [-0.39, 0.29) is 17.7 Å². The lowest BCUT2D eigenvalue weighted by Gasteiger charge is -2.19. The summed E-state index contributed by atoms with van der Waals surface area (Å²) in [6.07, 6.45) is 6.83. The maximum absolute atomic E-state index is 12.3. The highest BCUT2D eigenvalue weighted by Crippen LogP contribution is 2.21. The summed E-state index contributed by atoms with van der Waals surface area (Å²) in [6, 6.07) is 0. The zero-order valence-electron chi connectivity index (χ0n) is 13.1. The van der Waals surface area contributed by atoms with Gasteiger partial charge in [-0.3, -0.25) is 19.6 Å². The minimum Gasteiger partial charge on any atom is -0.391 e. The number of hydrogen-bond donors (Lipinski definition) is 1. The zero-order chi connectivity index (χ0) is 16.2. The third kappa shape index (κ3) is 3.85. The molecule has 0 bridgehead atoms. The van der Waals surface area contributed by atoms with Crippen molar-refractivity contribution >= 4 is 11.8 Å². The number of β-amino-alcohol motifs (C(OH)–C–C–N with tert-alkyl or cyclic N) is 1. The van der Waals surface area contributed by atoms with Gasteiger partial charge in [-0.25, -0.2) is 0 Å². The van der Waals surface area contributed by atoms with Crippen LogP contribution in [0.4, 0.5) is 0 Å². The van der Waals surface area contributed by atoms with Crippen molar-refractivity contribution in [3.8, 4) is 0 Å². The third-order valence-corrected chi connectivity index (χ3v) is 4.61. The van der Waals surface area contributed by atoms with E-state index >= 15 is 0 Å². The van der Waals surface area contributed by atoms with E-state index in [2.05, 4.69) is 9.97 Å². The Labute approximate surface area is 135 Å². The van der Waals surface area contributed by atoms with Gasteiger partial charge in [0, 0.05) is 63.5 Å². The summed E-state index contributed by atoms with van der Waals surface area (Å²) in [4.78, 5) is 35.6. The van der Waals surface area contributed by atoms with Gasteiger partial charge in [0.05, 0.1) is 11.8 Å². The lowest BCUT2D eigenvalue weighted by Crippen LogP contribution is -2.34. The maximum atomic E-state index is 12.3. The first-order valence-corrected chi connectivity index (χ1v) is 8.12. The van der Waals surface area contributed by atoms with E-state index in [9.17, 15) is 14.7 Å².